The molecule has 0 fully saturated rings. The Morgan fingerprint density at radius 3 is 1.89 bits per heavy atom. The highest BCUT2D eigenvalue weighted by Gasteiger charge is 2.38. The quantitative estimate of drug-likeness (QED) is 0.241. The zero-order valence-corrected chi connectivity index (χ0v) is 21.3. The molecule has 0 aliphatic heterocycles. The minimum Gasteiger partial charge on any atom is -0.309 e. The number of aromatic nitrogens is 1. The first-order valence-electron chi connectivity index (χ1n) is 12.8. The lowest BCUT2D eigenvalue weighted by atomic mass is 9.81. The average molecular weight is 464 g/mol. The van der Waals surface area contributed by atoms with Gasteiger partial charge in [0.2, 0.25) is 0 Å². The summed E-state index contributed by atoms with van der Waals surface area (Å²) in [6.07, 6.45) is 0. The molecule has 1 heterocycles. The molecule has 0 N–H and O–H groups in total. The molecule has 0 amide bonds. The fraction of sp³-hybridized carbons (Fsp3) is 0.143. The number of rotatable bonds is 2. The molecular formula is C35H29N. The van der Waals surface area contributed by atoms with Crippen LogP contribution in [0.2, 0.25) is 0 Å². The lowest BCUT2D eigenvalue weighted by Crippen LogP contribution is -2.16. The van der Waals surface area contributed by atoms with Crippen LogP contribution in [0.15, 0.2) is 103 Å². The van der Waals surface area contributed by atoms with E-state index in [0.29, 0.717) is 0 Å². The van der Waals surface area contributed by atoms with E-state index in [1.54, 1.807) is 0 Å². The van der Waals surface area contributed by atoms with Crippen molar-refractivity contribution in [3.63, 3.8) is 0 Å². The van der Waals surface area contributed by atoms with E-state index in [1.165, 1.54) is 72.0 Å². The molecule has 0 atom stereocenters. The Kier molecular flexibility index (Phi) is 4.39. The smallest absolute Gasteiger partial charge is 0.0588 e. The third-order valence-corrected chi connectivity index (χ3v) is 8.31. The molecular weight excluding hydrogens is 434 g/mol. The summed E-state index contributed by atoms with van der Waals surface area (Å²) in [7, 11) is 0. The summed E-state index contributed by atoms with van der Waals surface area (Å²) in [6.45, 7) is 9.27. The van der Waals surface area contributed by atoms with Crippen molar-refractivity contribution in [1.82, 2.24) is 4.57 Å². The van der Waals surface area contributed by atoms with Gasteiger partial charge < -0.3 is 4.57 Å². The summed E-state index contributed by atoms with van der Waals surface area (Å²) in [4.78, 5) is 0. The molecule has 7 rings (SSSR count). The van der Waals surface area contributed by atoms with Gasteiger partial charge in [-0.25, -0.2) is 0 Å². The Labute approximate surface area is 212 Å². The molecule has 1 nitrogen and oxygen atoms in total. The van der Waals surface area contributed by atoms with E-state index in [9.17, 15) is 0 Å². The van der Waals surface area contributed by atoms with Crippen LogP contribution in [-0.2, 0) is 5.41 Å². The van der Waals surface area contributed by atoms with Gasteiger partial charge in [-0.05, 0) is 70.5 Å². The number of para-hydroxylation sites is 1. The van der Waals surface area contributed by atoms with Crippen LogP contribution in [0.5, 0.6) is 0 Å². The Morgan fingerprint density at radius 1 is 0.528 bits per heavy atom. The molecule has 6 aromatic rings. The van der Waals surface area contributed by atoms with Crippen molar-refractivity contribution in [2.75, 3.05) is 0 Å². The monoisotopic (exact) mass is 463 g/mol. The van der Waals surface area contributed by atoms with E-state index in [2.05, 4.69) is 135 Å². The second-order valence-electron chi connectivity index (χ2n) is 10.7. The van der Waals surface area contributed by atoms with Gasteiger partial charge in [-0.2, -0.15) is 0 Å². The fourth-order valence-electron chi connectivity index (χ4n) is 6.62. The highest BCUT2D eigenvalue weighted by Crippen LogP contribution is 2.53. The van der Waals surface area contributed by atoms with Crippen molar-refractivity contribution in [3.05, 3.63) is 125 Å². The molecule has 0 saturated carbocycles. The molecule has 1 heteroatoms. The van der Waals surface area contributed by atoms with Crippen molar-refractivity contribution in [1.29, 1.82) is 0 Å². The molecule has 0 spiro atoms. The van der Waals surface area contributed by atoms with Crippen molar-refractivity contribution in [2.45, 2.75) is 33.1 Å². The predicted octanol–water partition coefficient (Wildman–Crippen LogP) is 9.37. The van der Waals surface area contributed by atoms with Crippen LogP contribution in [0.25, 0.3) is 49.7 Å². The molecule has 0 radical (unpaired) electrons. The number of hydrogen-bond donors (Lipinski definition) is 0. The fourth-order valence-corrected chi connectivity index (χ4v) is 6.62. The zero-order chi connectivity index (χ0) is 24.6. The maximum Gasteiger partial charge on any atom is 0.0588 e. The van der Waals surface area contributed by atoms with Gasteiger partial charge in [-0.1, -0.05) is 105 Å². The lowest BCUT2D eigenvalue weighted by molar-refractivity contribution is 0.664. The first-order valence-corrected chi connectivity index (χ1v) is 12.8. The van der Waals surface area contributed by atoms with E-state index in [4.69, 9.17) is 0 Å². The summed E-state index contributed by atoms with van der Waals surface area (Å²) in [5, 5.41) is 2.64. The molecule has 0 unspecified atom stereocenters. The van der Waals surface area contributed by atoms with E-state index >= 15 is 0 Å². The number of aryl methyl sites for hydroxylation is 2. The molecule has 1 aromatic heterocycles. The van der Waals surface area contributed by atoms with Crippen LogP contribution in [0, 0.1) is 13.8 Å². The SMILES string of the molecule is Cc1ccccc1-c1ccc2c3ccc4c(c3n(-c3ccccc3)c2c1C)C(C)(C)c1ccccc1-4. The molecule has 5 aromatic carbocycles. The number of benzene rings is 5. The summed E-state index contributed by atoms with van der Waals surface area (Å²) in [5.74, 6) is 0. The highest BCUT2D eigenvalue weighted by molar-refractivity contribution is 6.15. The maximum absolute atomic E-state index is 2.54. The zero-order valence-electron chi connectivity index (χ0n) is 21.3. The molecule has 1 aliphatic rings. The predicted molar refractivity (Wildman–Crippen MR) is 153 cm³/mol. The Hall–Kier alpha value is -4.10. The van der Waals surface area contributed by atoms with Gasteiger partial charge in [0.1, 0.15) is 0 Å². The van der Waals surface area contributed by atoms with E-state index in [0.717, 1.165) is 0 Å². The lowest BCUT2D eigenvalue weighted by Gasteiger charge is -2.24. The van der Waals surface area contributed by atoms with Crippen molar-refractivity contribution in [3.8, 4) is 27.9 Å². The molecule has 36 heavy (non-hydrogen) atoms. The van der Waals surface area contributed by atoms with E-state index in [-0.39, 0.29) is 5.41 Å². The third-order valence-electron chi connectivity index (χ3n) is 8.31. The Bertz CT molecular complexity index is 1820. The normalized spacial score (nSPS) is 13.8. The van der Waals surface area contributed by atoms with Gasteiger partial charge in [0.15, 0.2) is 0 Å². The maximum atomic E-state index is 2.54. The number of hydrogen-bond acceptors (Lipinski definition) is 0. The molecule has 0 bridgehead atoms. The summed E-state index contributed by atoms with van der Waals surface area (Å²) in [6, 6.07) is 37.9. The Balaban J connectivity index is 1.68. The second-order valence-corrected chi connectivity index (χ2v) is 10.7. The molecule has 1 aliphatic carbocycles. The topological polar surface area (TPSA) is 4.93 Å². The van der Waals surface area contributed by atoms with Crippen molar-refractivity contribution in [2.24, 2.45) is 0 Å². The van der Waals surface area contributed by atoms with E-state index < -0.39 is 0 Å². The van der Waals surface area contributed by atoms with Crippen LogP contribution in [0.3, 0.4) is 0 Å². The summed E-state index contributed by atoms with van der Waals surface area (Å²) >= 11 is 0. The molecule has 0 saturated heterocycles. The second kappa shape index (κ2) is 7.45. The standard InChI is InChI=1S/C35H29N/c1-22-12-8-9-15-25(22)26-18-20-29-30-21-19-28-27-16-10-11-17-31(27)35(3,4)32(28)34(30)36(33(29)23(26)2)24-13-6-5-7-14-24/h5-21H,1-4H3. The molecule has 174 valence electrons. The first-order chi connectivity index (χ1) is 17.5. The van der Waals surface area contributed by atoms with Crippen LogP contribution in [-0.4, -0.2) is 4.57 Å². The van der Waals surface area contributed by atoms with Gasteiger partial charge in [0, 0.05) is 21.9 Å². The number of nitrogens with zero attached hydrogens (tertiary/aromatic N) is 1. The van der Waals surface area contributed by atoms with Gasteiger partial charge in [-0.15, -0.1) is 0 Å². The Morgan fingerprint density at radius 2 is 1.14 bits per heavy atom. The minimum atomic E-state index is -0.0842. The minimum absolute atomic E-state index is 0.0842. The van der Waals surface area contributed by atoms with Crippen LogP contribution in [0.4, 0.5) is 0 Å². The van der Waals surface area contributed by atoms with Crippen LogP contribution in [0.1, 0.15) is 36.1 Å². The van der Waals surface area contributed by atoms with Gasteiger partial charge in [-0.3, -0.25) is 0 Å². The summed E-state index contributed by atoms with van der Waals surface area (Å²) in [5.41, 5.74) is 14.6. The van der Waals surface area contributed by atoms with Crippen molar-refractivity contribution >= 4 is 21.8 Å². The van der Waals surface area contributed by atoms with Gasteiger partial charge in [0.25, 0.3) is 0 Å². The van der Waals surface area contributed by atoms with Crippen LogP contribution < -0.4 is 0 Å². The average Bonchev–Trinajstić information content (AvgIpc) is 3.35. The van der Waals surface area contributed by atoms with E-state index in [1.807, 2.05) is 0 Å². The highest BCUT2D eigenvalue weighted by atomic mass is 15.0. The number of fused-ring (bicyclic) bond motifs is 7. The van der Waals surface area contributed by atoms with Gasteiger partial charge >= 0.3 is 0 Å². The van der Waals surface area contributed by atoms with Gasteiger partial charge in [0.05, 0.1) is 11.0 Å². The van der Waals surface area contributed by atoms with Crippen molar-refractivity contribution < 1.29 is 0 Å². The van der Waals surface area contributed by atoms with Crippen LogP contribution >= 0.6 is 0 Å². The summed E-state index contributed by atoms with van der Waals surface area (Å²) < 4.78 is 2.54. The first kappa shape index (κ1) is 21.2. The largest absolute Gasteiger partial charge is 0.309 e. The third kappa shape index (κ3) is 2.72.